The molecule has 0 aromatic carbocycles. The molecule has 5 nitrogen and oxygen atoms in total. The van der Waals surface area contributed by atoms with Gasteiger partial charge in [-0.2, -0.15) is 5.26 Å². The molecule has 0 radical (unpaired) electrons. The van der Waals surface area contributed by atoms with Gasteiger partial charge in [0.25, 0.3) is 0 Å². The summed E-state index contributed by atoms with van der Waals surface area (Å²) >= 11 is 1.05. The fraction of sp³-hybridized carbons (Fsp3) is 0.333. The van der Waals surface area contributed by atoms with Crippen LogP contribution >= 0.6 is 11.5 Å². The highest BCUT2D eigenvalue weighted by molar-refractivity contribution is 7.05. The van der Waals surface area contributed by atoms with Crippen LogP contribution in [0.2, 0.25) is 0 Å². The predicted molar refractivity (Wildman–Crippen MR) is 42.3 cm³/mol. The van der Waals surface area contributed by atoms with Crippen molar-refractivity contribution in [2.75, 3.05) is 7.05 Å². The fourth-order valence-corrected chi connectivity index (χ4v) is 1.25. The number of likely N-dealkylation sites (N-methyl/N-ethyl adjacent to an activating group) is 1. The largest absolute Gasteiger partial charge is 0.358 e. The van der Waals surface area contributed by atoms with Gasteiger partial charge in [0.1, 0.15) is 0 Å². The van der Waals surface area contributed by atoms with Crippen LogP contribution in [0, 0.1) is 11.3 Å². The topological polar surface area (TPSA) is 78.7 Å². The highest BCUT2D eigenvalue weighted by Gasteiger charge is 2.20. The maximum atomic E-state index is 11.1. The maximum absolute atomic E-state index is 11.1. The minimum Gasteiger partial charge on any atom is -0.358 e. The Bertz CT molecular complexity index is 302. The Morgan fingerprint density at radius 2 is 2.67 bits per heavy atom. The summed E-state index contributed by atoms with van der Waals surface area (Å²) in [5, 5.41) is 14.6. The summed E-state index contributed by atoms with van der Waals surface area (Å²) in [6, 6.07) is 1.87. The number of aromatic nitrogens is 2. The molecule has 12 heavy (non-hydrogen) atoms. The van der Waals surface area contributed by atoms with E-state index in [0.717, 1.165) is 11.5 Å². The second kappa shape index (κ2) is 3.78. The van der Waals surface area contributed by atoms with Gasteiger partial charge in [0, 0.05) is 7.05 Å². The standard InChI is InChI=1S/C6H6N4OS/c1-8-6(11)4(2-7)5-3-9-10-12-5/h3-4H,1H3,(H,8,11). The SMILES string of the molecule is CNC(=O)C(C#N)c1cnns1. The zero-order valence-corrected chi connectivity index (χ0v) is 7.13. The molecule has 0 saturated heterocycles. The van der Waals surface area contributed by atoms with Crippen LogP contribution in [0.5, 0.6) is 0 Å². The molecule has 0 spiro atoms. The third-order valence-corrected chi connectivity index (χ3v) is 2.03. The number of carbonyl (C=O) groups excluding carboxylic acids is 1. The van der Waals surface area contributed by atoms with Gasteiger partial charge >= 0.3 is 0 Å². The van der Waals surface area contributed by atoms with E-state index in [4.69, 9.17) is 5.26 Å². The molecule has 6 heteroatoms. The van der Waals surface area contributed by atoms with Crippen molar-refractivity contribution < 1.29 is 4.79 Å². The molecule has 1 atom stereocenters. The van der Waals surface area contributed by atoms with Crippen molar-refractivity contribution in [1.82, 2.24) is 14.9 Å². The van der Waals surface area contributed by atoms with E-state index in [1.54, 1.807) is 0 Å². The summed E-state index contributed by atoms with van der Waals surface area (Å²) in [6.07, 6.45) is 1.42. The Hall–Kier alpha value is -1.48. The van der Waals surface area contributed by atoms with E-state index in [1.165, 1.54) is 13.2 Å². The summed E-state index contributed by atoms with van der Waals surface area (Å²) < 4.78 is 3.57. The lowest BCUT2D eigenvalue weighted by atomic mass is 10.1. The van der Waals surface area contributed by atoms with Gasteiger partial charge in [0.2, 0.25) is 5.91 Å². The first-order valence-corrected chi connectivity index (χ1v) is 3.95. The summed E-state index contributed by atoms with van der Waals surface area (Å²) in [5.41, 5.74) is 0. The van der Waals surface area contributed by atoms with E-state index in [1.807, 2.05) is 6.07 Å². The van der Waals surface area contributed by atoms with E-state index in [-0.39, 0.29) is 5.91 Å². The smallest absolute Gasteiger partial charge is 0.242 e. The third kappa shape index (κ3) is 1.57. The zero-order valence-electron chi connectivity index (χ0n) is 6.31. The molecular formula is C6H6N4OS. The molecule has 1 rings (SSSR count). The van der Waals surface area contributed by atoms with Crippen LogP contribution in [0.15, 0.2) is 6.20 Å². The molecule has 1 aromatic heterocycles. The Balaban J connectivity index is 2.86. The van der Waals surface area contributed by atoms with E-state index >= 15 is 0 Å². The van der Waals surface area contributed by atoms with Crippen LogP contribution in [0.4, 0.5) is 0 Å². The van der Waals surface area contributed by atoms with Crippen LogP contribution < -0.4 is 5.32 Å². The highest BCUT2D eigenvalue weighted by atomic mass is 32.1. The number of amides is 1. The Morgan fingerprint density at radius 3 is 3.08 bits per heavy atom. The summed E-state index contributed by atoms with van der Waals surface area (Å²) in [7, 11) is 1.49. The minimum atomic E-state index is -0.782. The lowest BCUT2D eigenvalue weighted by molar-refractivity contribution is -0.120. The number of nitrogens with one attached hydrogen (secondary N) is 1. The monoisotopic (exact) mass is 182 g/mol. The summed E-state index contributed by atoms with van der Waals surface area (Å²) in [6.45, 7) is 0. The van der Waals surface area contributed by atoms with Gasteiger partial charge in [-0.3, -0.25) is 4.79 Å². The fourth-order valence-electron chi connectivity index (χ4n) is 0.698. The first kappa shape index (κ1) is 8.62. The van der Waals surface area contributed by atoms with Gasteiger partial charge in [-0.05, 0) is 11.5 Å². The number of hydrogen-bond donors (Lipinski definition) is 1. The normalized spacial score (nSPS) is 11.7. The Kier molecular flexibility index (Phi) is 2.71. The van der Waals surface area contributed by atoms with Crippen molar-refractivity contribution in [2.24, 2.45) is 0 Å². The maximum Gasteiger partial charge on any atom is 0.242 e. The van der Waals surface area contributed by atoms with E-state index in [0.29, 0.717) is 4.88 Å². The summed E-state index contributed by atoms with van der Waals surface area (Å²) in [5.74, 6) is -1.11. The van der Waals surface area contributed by atoms with Crippen LogP contribution in [0.3, 0.4) is 0 Å². The molecule has 0 aliphatic heterocycles. The van der Waals surface area contributed by atoms with E-state index in [2.05, 4.69) is 14.9 Å². The molecule has 1 amide bonds. The average Bonchev–Trinajstić information content (AvgIpc) is 2.58. The Labute approximate surface area is 73.2 Å². The number of nitriles is 1. The van der Waals surface area contributed by atoms with E-state index in [9.17, 15) is 4.79 Å². The predicted octanol–water partition coefficient (Wildman–Crippen LogP) is -0.109. The molecule has 1 heterocycles. The minimum absolute atomic E-state index is 0.330. The second-order valence-corrected chi connectivity index (χ2v) is 2.81. The van der Waals surface area contributed by atoms with Gasteiger partial charge in [-0.15, -0.1) is 5.10 Å². The molecule has 0 aliphatic carbocycles. The molecular weight excluding hydrogens is 176 g/mol. The average molecular weight is 182 g/mol. The molecule has 0 aliphatic rings. The van der Waals surface area contributed by atoms with Crippen molar-refractivity contribution in [2.45, 2.75) is 5.92 Å². The molecule has 0 fully saturated rings. The molecule has 1 unspecified atom stereocenters. The van der Waals surface area contributed by atoms with Crippen LogP contribution in [0.1, 0.15) is 10.8 Å². The highest BCUT2D eigenvalue weighted by Crippen LogP contribution is 2.16. The van der Waals surface area contributed by atoms with Crippen LogP contribution in [-0.4, -0.2) is 22.5 Å². The van der Waals surface area contributed by atoms with Crippen molar-refractivity contribution in [3.05, 3.63) is 11.1 Å². The van der Waals surface area contributed by atoms with Gasteiger partial charge in [-0.1, -0.05) is 4.49 Å². The lowest BCUT2D eigenvalue weighted by Crippen LogP contribution is -2.24. The number of carbonyl (C=O) groups is 1. The first-order valence-electron chi connectivity index (χ1n) is 3.18. The number of nitrogens with zero attached hydrogens (tertiary/aromatic N) is 3. The van der Waals surface area contributed by atoms with Crippen molar-refractivity contribution >= 4 is 17.4 Å². The quantitative estimate of drug-likeness (QED) is 0.692. The zero-order chi connectivity index (χ0) is 8.97. The van der Waals surface area contributed by atoms with E-state index < -0.39 is 5.92 Å². The first-order chi connectivity index (χ1) is 5.79. The van der Waals surface area contributed by atoms with Crippen molar-refractivity contribution in [3.8, 4) is 6.07 Å². The molecule has 1 N–H and O–H groups in total. The molecule has 0 saturated carbocycles. The van der Waals surface area contributed by atoms with Gasteiger partial charge in [-0.25, -0.2) is 0 Å². The molecule has 1 aromatic rings. The molecule has 62 valence electrons. The number of hydrogen-bond acceptors (Lipinski definition) is 5. The van der Waals surface area contributed by atoms with Gasteiger partial charge in [0.05, 0.1) is 17.1 Å². The van der Waals surface area contributed by atoms with Gasteiger partial charge in [0.15, 0.2) is 5.92 Å². The van der Waals surface area contributed by atoms with Crippen LogP contribution in [0.25, 0.3) is 0 Å². The summed E-state index contributed by atoms with van der Waals surface area (Å²) in [4.78, 5) is 11.6. The van der Waals surface area contributed by atoms with Crippen molar-refractivity contribution in [1.29, 1.82) is 5.26 Å². The van der Waals surface area contributed by atoms with Gasteiger partial charge < -0.3 is 5.32 Å². The second-order valence-electron chi connectivity index (χ2n) is 2.00. The number of rotatable bonds is 2. The van der Waals surface area contributed by atoms with Crippen LogP contribution in [-0.2, 0) is 4.79 Å². The Morgan fingerprint density at radius 1 is 1.92 bits per heavy atom. The third-order valence-electron chi connectivity index (χ3n) is 1.30. The lowest BCUT2D eigenvalue weighted by Gasteiger charge is -2.01. The van der Waals surface area contributed by atoms with Crippen molar-refractivity contribution in [3.63, 3.8) is 0 Å². The molecule has 0 bridgehead atoms.